The van der Waals surface area contributed by atoms with E-state index in [2.05, 4.69) is 18.9 Å². The van der Waals surface area contributed by atoms with Crippen molar-refractivity contribution in [2.24, 2.45) is 7.05 Å². The molecule has 2 aliphatic heterocycles. The summed E-state index contributed by atoms with van der Waals surface area (Å²) >= 11 is 0. The zero-order valence-corrected chi connectivity index (χ0v) is 10.0. The smallest absolute Gasteiger partial charge is 0.110 e. The lowest BCUT2D eigenvalue weighted by atomic mass is 10.1. The van der Waals surface area contributed by atoms with Crippen LogP contribution in [0.15, 0.2) is 6.20 Å². The fraction of sp³-hybridized carbons (Fsp3) is 0.750. The van der Waals surface area contributed by atoms with Crippen LogP contribution in [0.2, 0.25) is 0 Å². The molecule has 0 bridgehead atoms. The molecule has 1 aromatic rings. The van der Waals surface area contributed by atoms with Crippen LogP contribution in [0.5, 0.6) is 0 Å². The molecule has 4 atom stereocenters. The molecule has 0 amide bonds. The van der Waals surface area contributed by atoms with E-state index in [9.17, 15) is 0 Å². The summed E-state index contributed by atoms with van der Waals surface area (Å²) in [5, 5.41) is 4.28. The number of hydrogen-bond donors (Lipinski definition) is 0. The Labute approximate surface area is 95.5 Å². The van der Waals surface area contributed by atoms with Crippen LogP contribution in [0, 0.1) is 6.92 Å². The van der Waals surface area contributed by atoms with E-state index in [0.717, 1.165) is 12.8 Å². The molecule has 0 saturated carbocycles. The van der Waals surface area contributed by atoms with Gasteiger partial charge in [-0.05, 0) is 32.3 Å². The second kappa shape index (κ2) is 3.57. The minimum Gasteiger partial charge on any atom is -0.367 e. The number of epoxide rings is 1. The number of aryl methyl sites for hydroxylation is 2. The van der Waals surface area contributed by atoms with E-state index in [1.807, 2.05) is 17.9 Å². The van der Waals surface area contributed by atoms with Crippen LogP contribution in [-0.2, 0) is 16.5 Å². The summed E-state index contributed by atoms with van der Waals surface area (Å²) in [6.45, 7) is 4.20. The zero-order chi connectivity index (χ0) is 11.3. The Morgan fingerprint density at radius 2 is 2.19 bits per heavy atom. The molecule has 0 radical (unpaired) electrons. The number of nitrogens with zero attached hydrogens (tertiary/aromatic N) is 2. The largest absolute Gasteiger partial charge is 0.367 e. The molecule has 2 saturated heterocycles. The van der Waals surface area contributed by atoms with E-state index in [1.54, 1.807) is 0 Å². The minimum absolute atomic E-state index is 0.180. The van der Waals surface area contributed by atoms with Gasteiger partial charge in [-0.15, -0.1) is 0 Å². The highest BCUT2D eigenvalue weighted by atomic mass is 16.6. The van der Waals surface area contributed by atoms with Gasteiger partial charge < -0.3 is 9.47 Å². The van der Waals surface area contributed by atoms with Gasteiger partial charge in [0.15, 0.2) is 0 Å². The summed E-state index contributed by atoms with van der Waals surface area (Å²) in [5.41, 5.74) is 2.43. The van der Waals surface area contributed by atoms with Gasteiger partial charge in [0.05, 0.1) is 30.2 Å². The van der Waals surface area contributed by atoms with Crippen molar-refractivity contribution in [1.82, 2.24) is 9.78 Å². The molecule has 3 rings (SSSR count). The van der Waals surface area contributed by atoms with Crippen LogP contribution in [0.3, 0.4) is 0 Å². The van der Waals surface area contributed by atoms with Gasteiger partial charge >= 0.3 is 0 Å². The Kier molecular flexibility index (Phi) is 2.30. The number of ether oxygens (including phenoxy) is 2. The molecule has 4 nitrogen and oxygen atoms in total. The molecule has 2 fully saturated rings. The van der Waals surface area contributed by atoms with Gasteiger partial charge in [0.25, 0.3) is 0 Å². The lowest BCUT2D eigenvalue weighted by Crippen LogP contribution is -2.19. The van der Waals surface area contributed by atoms with Crippen molar-refractivity contribution in [3.8, 4) is 0 Å². The lowest BCUT2D eigenvalue weighted by molar-refractivity contribution is -0.0248. The van der Waals surface area contributed by atoms with Gasteiger partial charge in [-0.3, -0.25) is 4.68 Å². The molecule has 3 heterocycles. The Hall–Kier alpha value is -0.870. The standard InChI is InChI=1S/C12H18N2O2/c1-7-6-13-14(3)11(7)9-4-5-10-12(16-10)8(2)15-9/h6,8-10,12H,4-5H2,1-3H3/t8-,9+,10+,12-/m1/s1. The maximum absolute atomic E-state index is 6.09. The molecule has 0 spiro atoms. The van der Waals surface area contributed by atoms with Crippen molar-refractivity contribution in [3.63, 3.8) is 0 Å². The number of hydrogen-bond acceptors (Lipinski definition) is 3. The Morgan fingerprint density at radius 1 is 1.38 bits per heavy atom. The average Bonchev–Trinajstić information content (AvgIpc) is 2.96. The molecule has 0 aliphatic carbocycles. The van der Waals surface area contributed by atoms with Crippen molar-refractivity contribution >= 4 is 0 Å². The summed E-state index contributed by atoms with van der Waals surface area (Å²) in [5.74, 6) is 0. The first kappa shape index (κ1) is 10.3. The van der Waals surface area contributed by atoms with Gasteiger partial charge in [0, 0.05) is 7.05 Å². The van der Waals surface area contributed by atoms with E-state index >= 15 is 0 Å². The summed E-state index contributed by atoms with van der Waals surface area (Å²) in [6, 6.07) is 0. The van der Waals surface area contributed by atoms with Crippen molar-refractivity contribution in [2.75, 3.05) is 0 Å². The van der Waals surface area contributed by atoms with E-state index < -0.39 is 0 Å². The monoisotopic (exact) mass is 222 g/mol. The highest BCUT2D eigenvalue weighted by Crippen LogP contribution is 2.40. The average molecular weight is 222 g/mol. The summed E-state index contributed by atoms with van der Waals surface area (Å²) in [6.07, 6.45) is 5.19. The molecular formula is C12H18N2O2. The Bertz CT molecular complexity index is 382. The molecule has 0 N–H and O–H groups in total. The van der Waals surface area contributed by atoms with Gasteiger partial charge in [0.2, 0.25) is 0 Å². The molecule has 88 valence electrons. The normalized spacial score (nSPS) is 37.9. The highest BCUT2D eigenvalue weighted by molar-refractivity contribution is 5.19. The zero-order valence-electron chi connectivity index (χ0n) is 10.0. The van der Waals surface area contributed by atoms with Crippen molar-refractivity contribution in [2.45, 2.75) is 51.1 Å². The molecule has 0 aromatic carbocycles. The first-order valence-electron chi connectivity index (χ1n) is 5.96. The summed E-state index contributed by atoms with van der Waals surface area (Å²) in [4.78, 5) is 0. The maximum Gasteiger partial charge on any atom is 0.110 e. The second-order valence-corrected chi connectivity index (χ2v) is 4.88. The Morgan fingerprint density at radius 3 is 2.88 bits per heavy atom. The first-order valence-corrected chi connectivity index (χ1v) is 5.96. The van der Waals surface area contributed by atoms with E-state index in [-0.39, 0.29) is 12.2 Å². The van der Waals surface area contributed by atoms with Crippen LogP contribution in [0.1, 0.15) is 37.1 Å². The van der Waals surface area contributed by atoms with E-state index in [1.165, 1.54) is 11.3 Å². The fourth-order valence-corrected chi connectivity index (χ4v) is 2.74. The first-order chi connectivity index (χ1) is 7.66. The third-order valence-electron chi connectivity index (χ3n) is 3.66. The number of rotatable bonds is 1. The molecule has 2 aliphatic rings. The predicted octanol–water partition coefficient (Wildman–Crippen LogP) is 1.74. The molecular weight excluding hydrogens is 204 g/mol. The van der Waals surface area contributed by atoms with Crippen LogP contribution >= 0.6 is 0 Å². The van der Waals surface area contributed by atoms with Crippen molar-refractivity contribution < 1.29 is 9.47 Å². The third kappa shape index (κ3) is 1.57. The van der Waals surface area contributed by atoms with Gasteiger partial charge in [0.1, 0.15) is 6.10 Å². The minimum atomic E-state index is 0.180. The number of fused-ring (bicyclic) bond motifs is 1. The third-order valence-corrected chi connectivity index (χ3v) is 3.66. The predicted molar refractivity (Wildman–Crippen MR) is 59.1 cm³/mol. The van der Waals surface area contributed by atoms with Gasteiger partial charge in [-0.1, -0.05) is 0 Å². The van der Waals surface area contributed by atoms with Crippen molar-refractivity contribution in [1.29, 1.82) is 0 Å². The topological polar surface area (TPSA) is 39.6 Å². The summed E-state index contributed by atoms with van der Waals surface area (Å²) < 4.78 is 13.6. The second-order valence-electron chi connectivity index (χ2n) is 4.88. The number of aromatic nitrogens is 2. The molecule has 4 heteroatoms. The van der Waals surface area contributed by atoms with Crippen molar-refractivity contribution in [3.05, 3.63) is 17.5 Å². The van der Waals surface area contributed by atoms with Crippen LogP contribution in [0.25, 0.3) is 0 Å². The van der Waals surface area contributed by atoms with Gasteiger partial charge in [-0.2, -0.15) is 5.10 Å². The van der Waals surface area contributed by atoms with Crippen LogP contribution in [0.4, 0.5) is 0 Å². The summed E-state index contributed by atoms with van der Waals surface area (Å²) in [7, 11) is 1.98. The SMILES string of the molecule is Cc1cnn(C)c1[C@@H]1CC[C@@H]2O[C@@H]2[C@@H](C)O1. The Balaban J connectivity index is 1.84. The highest BCUT2D eigenvalue weighted by Gasteiger charge is 2.47. The van der Waals surface area contributed by atoms with Crippen LogP contribution < -0.4 is 0 Å². The fourth-order valence-electron chi connectivity index (χ4n) is 2.74. The molecule has 0 unspecified atom stereocenters. The van der Waals surface area contributed by atoms with Crippen LogP contribution in [-0.4, -0.2) is 28.1 Å². The lowest BCUT2D eigenvalue weighted by Gasteiger charge is -2.20. The molecule has 16 heavy (non-hydrogen) atoms. The van der Waals surface area contributed by atoms with E-state index in [4.69, 9.17) is 9.47 Å². The van der Waals surface area contributed by atoms with E-state index in [0.29, 0.717) is 12.2 Å². The quantitative estimate of drug-likeness (QED) is 0.679. The maximum atomic E-state index is 6.09. The van der Waals surface area contributed by atoms with Gasteiger partial charge in [-0.25, -0.2) is 0 Å². The molecule has 1 aromatic heterocycles.